The molecule has 5 nitrogen and oxygen atoms in total. The van der Waals surface area contributed by atoms with Crippen molar-refractivity contribution < 1.29 is 19.1 Å². The van der Waals surface area contributed by atoms with Crippen LogP contribution in [-0.2, 0) is 14.3 Å². The Balaban J connectivity index is 2.60. The first-order valence-electron chi connectivity index (χ1n) is 5.79. The molecule has 0 radical (unpaired) electrons. The molecule has 0 aromatic rings. The fraction of sp³-hybridized carbons (Fsp3) is 0.833. The highest BCUT2D eigenvalue weighted by Crippen LogP contribution is 2.28. The summed E-state index contributed by atoms with van der Waals surface area (Å²) in [6.07, 6.45) is 1.47. The van der Waals surface area contributed by atoms with Crippen LogP contribution in [0.3, 0.4) is 0 Å². The van der Waals surface area contributed by atoms with E-state index < -0.39 is 11.2 Å². The molecule has 1 fully saturated rings. The van der Waals surface area contributed by atoms with Gasteiger partial charge in [-0.1, -0.05) is 0 Å². The first-order valence-corrected chi connectivity index (χ1v) is 5.79. The summed E-state index contributed by atoms with van der Waals surface area (Å²) in [7, 11) is 1.57. The van der Waals surface area contributed by atoms with Crippen LogP contribution >= 0.6 is 0 Å². The van der Waals surface area contributed by atoms with E-state index in [0.717, 1.165) is 6.29 Å². The minimum absolute atomic E-state index is 0.308. The van der Waals surface area contributed by atoms with Crippen molar-refractivity contribution in [3.63, 3.8) is 0 Å². The fourth-order valence-electron chi connectivity index (χ4n) is 1.90. The minimum Gasteiger partial charge on any atom is -0.444 e. The SMILES string of the molecule is COC1(CC=O)CCN(C(=O)OC(C)(C)C)C1. The molecule has 0 spiro atoms. The molecule has 1 aliphatic heterocycles. The molecule has 1 aliphatic rings. The Bertz CT molecular complexity index is 297. The lowest BCUT2D eigenvalue weighted by Gasteiger charge is -2.27. The average Bonchev–Trinajstić information content (AvgIpc) is 2.61. The number of carbonyl (C=O) groups excluding carboxylic acids is 2. The van der Waals surface area contributed by atoms with Gasteiger partial charge in [-0.05, 0) is 27.2 Å². The van der Waals surface area contributed by atoms with Crippen molar-refractivity contribution in [3.8, 4) is 0 Å². The van der Waals surface area contributed by atoms with E-state index in [0.29, 0.717) is 25.9 Å². The van der Waals surface area contributed by atoms with Crippen molar-refractivity contribution in [2.24, 2.45) is 0 Å². The van der Waals surface area contributed by atoms with E-state index in [1.165, 1.54) is 0 Å². The molecule has 0 aromatic heterocycles. The number of amides is 1. The van der Waals surface area contributed by atoms with Gasteiger partial charge in [0.05, 0.1) is 12.1 Å². The van der Waals surface area contributed by atoms with Crippen LogP contribution in [-0.4, -0.2) is 48.7 Å². The second kappa shape index (κ2) is 5.04. The van der Waals surface area contributed by atoms with Crippen LogP contribution in [0.25, 0.3) is 0 Å². The van der Waals surface area contributed by atoms with Gasteiger partial charge < -0.3 is 19.2 Å². The lowest BCUT2D eigenvalue weighted by Crippen LogP contribution is -2.40. The van der Waals surface area contributed by atoms with E-state index >= 15 is 0 Å². The van der Waals surface area contributed by atoms with Crippen molar-refractivity contribution in [2.75, 3.05) is 20.2 Å². The molecule has 1 amide bonds. The number of nitrogens with zero attached hydrogens (tertiary/aromatic N) is 1. The second-order valence-electron chi connectivity index (χ2n) is 5.41. The summed E-state index contributed by atoms with van der Waals surface area (Å²) in [4.78, 5) is 24.0. The molecule has 1 heterocycles. The molecule has 0 bridgehead atoms. The Morgan fingerprint density at radius 2 is 2.12 bits per heavy atom. The Kier molecular flexibility index (Phi) is 4.14. The van der Waals surface area contributed by atoms with Gasteiger partial charge in [0.15, 0.2) is 0 Å². The van der Waals surface area contributed by atoms with Gasteiger partial charge in [0.1, 0.15) is 11.9 Å². The number of likely N-dealkylation sites (tertiary alicyclic amines) is 1. The van der Waals surface area contributed by atoms with Crippen LogP contribution in [0, 0.1) is 0 Å². The predicted octanol–water partition coefficient (Wildman–Crippen LogP) is 1.60. The second-order valence-corrected chi connectivity index (χ2v) is 5.41. The van der Waals surface area contributed by atoms with Crippen LogP contribution in [0.1, 0.15) is 33.6 Å². The molecule has 5 heteroatoms. The number of methoxy groups -OCH3 is 1. The Morgan fingerprint density at radius 3 is 2.59 bits per heavy atom. The highest BCUT2D eigenvalue weighted by atomic mass is 16.6. The number of rotatable bonds is 3. The molecule has 1 rings (SSSR count). The summed E-state index contributed by atoms with van der Waals surface area (Å²) in [5, 5.41) is 0. The molecule has 0 saturated carbocycles. The van der Waals surface area contributed by atoms with Crippen LogP contribution in [0.4, 0.5) is 4.79 Å². The first-order chi connectivity index (χ1) is 7.82. The van der Waals surface area contributed by atoms with Crippen LogP contribution < -0.4 is 0 Å². The zero-order valence-corrected chi connectivity index (χ0v) is 11.0. The standard InChI is InChI=1S/C12H21NO4/c1-11(2,3)17-10(15)13-7-5-12(9-13,16-4)6-8-14/h8H,5-7,9H2,1-4H3. The lowest BCUT2D eigenvalue weighted by atomic mass is 10.00. The Labute approximate surface area is 102 Å². The van der Waals surface area contributed by atoms with Crippen molar-refractivity contribution in [3.05, 3.63) is 0 Å². The van der Waals surface area contributed by atoms with Gasteiger partial charge in [0.25, 0.3) is 0 Å². The largest absolute Gasteiger partial charge is 0.444 e. The van der Waals surface area contributed by atoms with E-state index in [9.17, 15) is 9.59 Å². The van der Waals surface area contributed by atoms with Crippen molar-refractivity contribution in [2.45, 2.75) is 44.8 Å². The van der Waals surface area contributed by atoms with Gasteiger partial charge in [-0.3, -0.25) is 0 Å². The van der Waals surface area contributed by atoms with E-state index in [1.54, 1.807) is 12.0 Å². The van der Waals surface area contributed by atoms with Gasteiger partial charge in [0.2, 0.25) is 0 Å². The van der Waals surface area contributed by atoms with Crippen molar-refractivity contribution >= 4 is 12.4 Å². The van der Waals surface area contributed by atoms with Gasteiger partial charge in [-0.15, -0.1) is 0 Å². The van der Waals surface area contributed by atoms with Crippen LogP contribution in [0.5, 0.6) is 0 Å². The Hall–Kier alpha value is -1.10. The highest BCUT2D eigenvalue weighted by Gasteiger charge is 2.41. The first kappa shape index (κ1) is 14.0. The van der Waals surface area contributed by atoms with E-state index in [2.05, 4.69) is 0 Å². The zero-order chi connectivity index (χ0) is 13.1. The zero-order valence-electron chi connectivity index (χ0n) is 11.0. The number of carbonyl (C=O) groups is 2. The third kappa shape index (κ3) is 3.70. The monoisotopic (exact) mass is 243 g/mol. The molecule has 98 valence electrons. The summed E-state index contributed by atoms with van der Waals surface area (Å²) >= 11 is 0. The van der Waals surface area contributed by atoms with Gasteiger partial charge in [-0.25, -0.2) is 4.79 Å². The topological polar surface area (TPSA) is 55.8 Å². The number of aldehydes is 1. The lowest BCUT2D eigenvalue weighted by molar-refractivity contribution is -0.113. The molecule has 1 saturated heterocycles. The van der Waals surface area contributed by atoms with Gasteiger partial charge in [-0.2, -0.15) is 0 Å². The maximum absolute atomic E-state index is 11.8. The van der Waals surface area contributed by atoms with Crippen molar-refractivity contribution in [1.29, 1.82) is 0 Å². The van der Waals surface area contributed by atoms with Crippen molar-refractivity contribution in [1.82, 2.24) is 4.90 Å². The highest BCUT2D eigenvalue weighted by molar-refractivity contribution is 5.69. The number of hydrogen-bond donors (Lipinski definition) is 0. The normalized spacial score (nSPS) is 24.8. The molecule has 0 aliphatic carbocycles. The number of ether oxygens (including phenoxy) is 2. The summed E-state index contributed by atoms with van der Waals surface area (Å²) < 4.78 is 10.6. The van der Waals surface area contributed by atoms with E-state index in [4.69, 9.17) is 9.47 Å². The van der Waals surface area contributed by atoms with E-state index in [1.807, 2.05) is 20.8 Å². The third-order valence-electron chi connectivity index (χ3n) is 2.86. The Morgan fingerprint density at radius 1 is 1.47 bits per heavy atom. The quantitative estimate of drug-likeness (QED) is 0.706. The smallest absolute Gasteiger partial charge is 0.410 e. The summed E-state index contributed by atoms with van der Waals surface area (Å²) in [6, 6.07) is 0. The maximum Gasteiger partial charge on any atom is 0.410 e. The molecular weight excluding hydrogens is 222 g/mol. The molecule has 0 aromatic carbocycles. The summed E-state index contributed by atoms with van der Waals surface area (Å²) in [5.74, 6) is 0. The predicted molar refractivity (Wildman–Crippen MR) is 62.8 cm³/mol. The van der Waals surface area contributed by atoms with E-state index in [-0.39, 0.29) is 6.09 Å². The molecule has 17 heavy (non-hydrogen) atoms. The van der Waals surface area contributed by atoms with Crippen LogP contribution in [0.15, 0.2) is 0 Å². The maximum atomic E-state index is 11.8. The average molecular weight is 243 g/mol. The van der Waals surface area contributed by atoms with Gasteiger partial charge in [0, 0.05) is 20.1 Å². The molecule has 0 N–H and O–H groups in total. The fourth-order valence-corrected chi connectivity index (χ4v) is 1.90. The van der Waals surface area contributed by atoms with Crippen LogP contribution in [0.2, 0.25) is 0 Å². The molecule has 1 unspecified atom stereocenters. The number of hydrogen-bond acceptors (Lipinski definition) is 4. The molecular formula is C12H21NO4. The molecule has 1 atom stereocenters. The van der Waals surface area contributed by atoms with Gasteiger partial charge >= 0.3 is 6.09 Å². The third-order valence-corrected chi connectivity index (χ3v) is 2.86. The summed E-state index contributed by atoms with van der Waals surface area (Å²) in [6.45, 7) is 6.47. The minimum atomic E-state index is -0.529. The summed E-state index contributed by atoms with van der Waals surface area (Å²) in [5.41, 5.74) is -1.03.